The van der Waals surface area contributed by atoms with E-state index in [4.69, 9.17) is 0 Å². The number of aryl methyl sites for hydroxylation is 2. The Kier molecular flexibility index (Phi) is 4.30. The minimum atomic E-state index is 0.378. The van der Waals surface area contributed by atoms with Gasteiger partial charge in [0.05, 0.1) is 0 Å². The molecule has 0 unspecified atom stereocenters. The van der Waals surface area contributed by atoms with Gasteiger partial charge in [0.15, 0.2) is 0 Å². The Hall–Kier alpha value is -1.89. The fourth-order valence-electron chi connectivity index (χ4n) is 2.08. The van der Waals surface area contributed by atoms with Crippen LogP contribution in [-0.4, -0.2) is 5.78 Å². The van der Waals surface area contributed by atoms with Gasteiger partial charge in [0.2, 0.25) is 0 Å². The summed E-state index contributed by atoms with van der Waals surface area (Å²) in [7, 11) is 0. The first-order valence-electron chi connectivity index (χ1n) is 6.36. The second-order valence-corrected chi connectivity index (χ2v) is 4.64. The fraction of sp³-hybridized carbons (Fsp3) is 0.235. The van der Waals surface area contributed by atoms with Crippen molar-refractivity contribution in [2.24, 2.45) is 0 Å². The number of carbonyl (C=O) groups is 1. The van der Waals surface area contributed by atoms with Crippen LogP contribution in [0.25, 0.3) is 0 Å². The zero-order valence-electron chi connectivity index (χ0n) is 10.7. The normalized spacial score (nSPS) is 13.3. The first-order valence-corrected chi connectivity index (χ1v) is 6.36. The Labute approximate surface area is 108 Å². The van der Waals surface area contributed by atoms with E-state index in [0.29, 0.717) is 12.2 Å². The average molecular weight is 238 g/mol. The summed E-state index contributed by atoms with van der Waals surface area (Å²) in [5, 5.41) is 0. The topological polar surface area (TPSA) is 17.1 Å². The van der Waals surface area contributed by atoms with E-state index in [1.807, 2.05) is 36.4 Å². The van der Waals surface area contributed by atoms with Crippen LogP contribution in [0.15, 0.2) is 54.6 Å². The molecule has 0 fully saturated rings. The minimum absolute atomic E-state index is 0.378. The van der Waals surface area contributed by atoms with Crippen LogP contribution >= 0.6 is 0 Å². The molecule has 1 nitrogen and oxygen atoms in total. The Morgan fingerprint density at radius 2 is 1.39 bits per heavy atom. The van der Waals surface area contributed by atoms with E-state index in [0.717, 1.165) is 12.8 Å². The van der Waals surface area contributed by atoms with Gasteiger partial charge in [-0.3, -0.25) is 4.79 Å². The summed E-state index contributed by atoms with van der Waals surface area (Å²) in [5.41, 5.74) is 3.90. The molecule has 0 N–H and O–H groups in total. The van der Waals surface area contributed by atoms with Gasteiger partial charge < -0.3 is 0 Å². The summed E-state index contributed by atoms with van der Waals surface area (Å²) in [6.45, 7) is 2.08. The van der Waals surface area contributed by atoms with Crippen molar-refractivity contribution in [2.75, 3.05) is 0 Å². The fourth-order valence-corrected chi connectivity index (χ4v) is 2.08. The van der Waals surface area contributed by atoms with Crippen LogP contribution in [0, 0.1) is 6.92 Å². The maximum atomic E-state index is 11.0. The number of hydrogen-bond acceptors (Lipinski definition) is 1. The molecule has 18 heavy (non-hydrogen) atoms. The van der Waals surface area contributed by atoms with Gasteiger partial charge in [0.1, 0.15) is 5.78 Å². The van der Waals surface area contributed by atoms with Crippen LogP contribution in [0.3, 0.4) is 0 Å². The lowest BCUT2D eigenvalue weighted by molar-refractivity contribution is -0.118. The number of rotatable bonds is 0. The number of ketones is 1. The summed E-state index contributed by atoms with van der Waals surface area (Å²) in [6.07, 6.45) is 2.32. The number of fused-ring (bicyclic) bond motifs is 1. The average Bonchev–Trinajstić information content (AvgIpc) is 2.40. The third-order valence-corrected chi connectivity index (χ3v) is 3.12. The number of hydrogen-bond donors (Lipinski definition) is 0. The smallest absolute Gasteiger partial charge is 0.137 e. The lowest BCUT2D eigenvalue weighted by atomic mass is 9.91. The van der Waals surface area contributed by atoms with Crippen molar-refractivity contribution in [3.05, 3.63) is 71.3 Å². The predicted molar refractivity (Wildman–Crippen MR) is 74.7 cm³/mol. The zero-order chi connectivity index (χ0) is 12.8. The lowest BCUT2D eigenvalue weighted by Gasteiger charge is -2.13. The van der Waals surface area contributed by atoms with Crippen molar-refractivity contribution < 1.29 is 4.79 Å². The van der Waals surface area contributed by atoms with Crippen molar-refractivity contribution in [2.45, 2.75) is 26.2 Å². The molecule has 0 bridgehead atoms. The Bertz CT molecular complexity index is 514. The van der Waals surface area contributed by atoms with Crippen molar-refractivity contribution in [3.8, 4) is 0 Å². The quantitative estimate of drug-likeness (QED) is 0.683. The van der Waals surface area contributed by atoms with Crippen LogP contribution in [0.2, 0.25) is 0 Å². The van der Waals surface area contributed by atoms with Crippen molar-refractivity contribution in [1.82, 2.24) is 0 Å². The Morgan fingerprint density at radius 1 is 0.778 bits per heavy atom. The summed E-state index contributed by atoms with van der Waals surface area (Å²) >= 11 is 0. The highest BCUT2D eigenvalue weighted by atomic mass is 16.1. The van der Waals surface area contributed by atoms with Crippen LogP contribution in [0.5, 0.6) is 0 Å². The molecule has 2 aromatic rings. The van der Waals surface area contributed by atoms with E-state index >= 15 is 0 Å². The van der Waals surface area contributed by atoms with Crippen LogP contribution in [-0.2, 0) is 17.6 Å². The summed E-state index contributed by atoms with van der Waals surface area (Å²) in [6, 6.07) is 18.5. The third kappa shape index (κ3) is 3.56. The van der Waals surface area contributed by atoms with Gasteiger partial charge in [-0.2, -0.15) is 0 Å². The van der Waals surface area contributed by atoms with Crippen molar-refractivity contribution in [3.63, 3.8) is 0 Å². The molecule has 0 amide bonds. The monoisotopic (exact) mass is 238 g/mol. The van der Waals surface area contributed by atoms with Gasteiger partial charge in [-0.25, -0.2) is 0 Å². The molecule has 92 valence electrons. The van der Waals surface area contributed by atoms with Crippen LogP contribution < -0.4 is 0 Å². The minimum Gasteiger partial charge on any atom is -0.299 e. The molecule has 0 atom stereocenters. The highest BCUT2D eigenvalue weighted by molar-refractivity contribution is 5.83. The van der Waals surface area contributed by atoms with E-state index in [2.05, 4.69) is 25.1 Å². The maximum Gasteiger partial charge on any atom is 0.137 e. The van der Waals surface area contributed by atoms with E-state index in [-0.39, 0.29) is 0 Å². The van der Waals surface area contributed by atoms with Gasteiger partial charge in [-0.15, -0.1) is 0 Å². The third-order valence-electron chi connectivity index (χ3n) is 3.12. The Morgan fingerprint density at radius 3 is 2.00 bits per heavy atom. The standard InChI is InChI=1S/C10H10O.C7H8/c11-10-6-5-8-3-1-2-4-9(8)7-10;1-7-5-3-2-4-6-7/h1-4H,5-7H2;2-6H,1H3. The largest absolute Gasteiger partial charge is 0.299 e. The van der Waals surface area contributed by atoms with Gasteiger partial charge in [-0.05, 0) is 24.5 Å². The maximum absolute atomic E-state index is 11.0. The summed E-state index contributed by atoms with van der Waals surface area (Å²) in [4.78, 5) is 11.0. The van der Waals surface area contributed by atoms with E-state index in [1.165, 1.54) is 16.7 Å². The number of Topliss-reactive ketones (excluding diaryl/α,β-unsaturated/α-hetero) is 1. The van der Waals surface area contributed by atoms with Gasteiger partial charge in [-0.1, -0.05) is 60.2 Å². The number of carbonyl (C=O) groups excluding carboxylic acids is 1. The zero-order valence-corrected chi connectivity index (χ0v) is 10.7. The molecule has 3 rings (SSSR count). The van der Waals surface area contributed by atoms with E-state index in [9.17, 15) is 4.79 Å². The SMILES string of the molecule is Cc1ccccc1.O=C1CCc2ccccc2C1. The molecule has 1 aliphatic rings. The highest BCUT2D eigenvalue weighted by Gasteiger charge is 2.13. The van der Waals surface area contributed by atoms with E-state index in [1.54, 1.807) is 0 Å². The highest BCUT2D eigenvalue weighted by Crippen LogP contribution is 2.17. The van der Waals surface area contributed by atoms with Crippen LogP contribution in [0.1, 0.15) is 23.1 Å². The summed E-state index contributed by atoms with van der Waals surface area (Å²) in [5.74, 6) is 0.378. The molecule has 0 heterocycles. The van der Waals surface area contributed by atoms with Crippen molar-refractivity contribution in [1.29, 1.82) is 0 Å². The molecule has 0 radical (unpaired) electrons. The number of benzene rings is 2. The van der Waals surface area contributed by atoms with Crippen LogP contribution in [0.4, 0.5) is 0 Å². The predicted octanol–water partition coefficient (Wildman–Crippen LogP) is 3.74. The second-order valence-electron chi connectivity index (χ2n) is 4.64. The first-order chi connectivity index (χ1) is 8.75. The molecule has 1 aliphatic carbocycles. The molecular weight excluding hydrogens is 220 g/mol. The molecule has 0 saturated heterocycles. The molecule has 0 aromatic heterocycles. The van der Waals surface area contributed by atoms with Crippen molar-refractivity contribution >= 4 is 5.78 Å². The Balaban J connectivity index is 0.000000149. The van der Waals surface area contributed by atoms with Gasteiger partial charge in [0.25, 0.3) is 0 Å². The second kappa shape index (κ2) is 6.15. The van der Waals surface area contributed by atoms with E-state index < -0.39 is 0 Å². The van der Waals surface area contributed by atoms with Gasteiger partial charge >= 0.3 is 0 Å². The molecule has 1 heteroatoms. The summed E-state index contributed by atoms with van der Waals surface area (Å²) < 4.78 is 0. The lowest BCUT2D eigenvalue weighted by Crippen LogP contribution is -2.12. The molecule has 0 spiro atoms. The molecule has 0 saturated carbocycles. The first kappa shape index (κ1) is 12.6. The van der Waals surface area contributed by atoms with Gasteiger partial charge in [0, 0.05) is 12.8 Å². The molecular formula is C17H18O. The molecule has 0 aliphatic heterocycles. The molecule has 2 aromatic carbocycles.